The molecule has 0 bridgehead atoms. The van der Waals surface area contributed by atoms with Crippen molar-refractivity contribution in [1.29, 1.82) is 0 Å². The lowest BCUT2D eigenvalue weighted by atomic mass is 9.99. The van der Waals surface area contributed by atoms with Crippen LogP contribution in [0.2, 0.25) is 0 Å². The van der Waals surface area contributed by atoms with Gasteiger partial charge in [-0.25, -0.2) is 4.99 Å². The number of carbonyl (C=O) groups is 2. The van der Waals surface area contributed by atoms with Crippen LogP contribution in [0.15, 0.2) is 59.6 Å². The van der Waals surface area contributed by atoms with E-state index in [2.05, 4.69) is 41.6 Å². The number of carbonyl (C=O) groups excluding carboxylic acids is 2. The third-order valence-corrected chi connectivity index (χ3v) is 5.59. The topological polar surface area (TPSA) is 70.6 Å². The summed E-state index contributed by atoms with van der Waals surface area (Å²) in [6.07, 6.45) is 1.20. The summed E-state index contributed by atoms with van der Waals surface area (Å²) >= 11 is 1.30. The molecule has 0 saturated carbocycles. The second-order valence-corrected chi connectivity index (χ2v) is 7.72. The zero-order chi connectivity index (χ0) is 19.2. The first kappa shape index (κ1) is 19.2. The molecule has 27 heavy (non-hydrogen) atoms. The molecule has 1 aliphatic heterocycles. The zero-order valence-corrected chi connectivity index (χ0v) is 16.3. The van der Waals surface area contributed by atoms with Crippen molar-refractivity contribution in [3.8, 4) is 0 Å². The van der Waals surface area contributed by atoms with Crippen LogP contribution in [0.25, 0.3) is 0 Å². The van der Waals surface area contributed by atoms with Gasteiger partial charge in [-0.05, 0) is 42.2 Å². The first-order valence-electron chi connectivity index (χ1n) is 9.06. The van der Waals surface area contributed by atoms with Crippen molar-refractivity contribution >= 4 is 40.1 Å². The van der Waals surface area contributed by atoms with Crippen LogP contribution in [0.1, 0.15) is 38.2 Å². The number of hydrogen-bond acceptors (Lipinski definition) is 4. The highest BCUT2D eigenvalue weighted by molar-refractivity contribution is 8.15. The van der Waals surface area contributed by atoms with E-state index in [4.69, 9.17) is 0 Å². The van der Waals surface area contributed by atoms with Gasteiger partial charge in [0.1, 0.15) is 5.25 Å². The largest absolute Gasteiger partial charge is 0.326 e. The van der Waals surface area contributed by atoms with Crippen molar-refractivity contribution in [2.75, 3.05) is 5.32 Å². The predicted molar refractivity (Wildman–Crippen MR) is 111 cm³/mol. The summed E-state index contributed by atoms with van der Waals surface area (Å²) in [5.41, 5.74) is 2.79. The minimum Gasteiger partial charge on any atom is -0.326 e. The average Bonchev–Trinajstić information content (AvgIpc) is 3.01. The second kappa shape index (κ2) is 8.86. The standard InChI is InChI=1S/C21H23N3O2S/c1-3-14(2)15-9-11-17(12-10-15)23-21-24-20(26)18(27-21)13-19(25)22-16-7-5-4-6-8-16/h4-12,14,18H,3,13H2,1-2H3,(H,22,25)(H,23,24,26)/t14-,18-/m0/s1. The average molecular weight is 382 g/mol. The Balaban J connectivity index is 1.59. The van der Waals surface area contributed by atoms with Crippen LogP contribution < -0.4 is 10.6 Å². The quantitative estimate of drug-likeness (QED) is 0.777. The number of aliphatic imine (C=N–C) groups is 1. The lowest BCUT2D eigenvalue weighted by Gasteiger charge is -2.08. The fourth-order valence-corrected chi connectivity index (χ4v) is 3.71. The van der Waals surface area contributed by atoms with Gasteiger partial charge in [0.15, 0.2) is 5.17 Å². The Labute approximate surface area is 163 Å². The summed E-state index contributed by atoms with van der Waals surface area (Å²) in [5.74, 6) is 0.144. The van der Waals surface area contributed by atoms with E-state index >= 15 is 0 Å². The van der Waals surface area contributed by atoms with Gasteiger partial charge in [-0.3, -0.25) is 9.59 Å². The number of thioether (sulfide) groups is 1. The third kappa shape index (κ3) is 5.20. The number of para-hydroxylation sites is 1. The number of amidine groups is 1. The molecule has 3 rings (SSSR count). The van der Waals surface area contributed by atoms with E-state index in [0.717, 1.165) is 17.8 Å². The van der Waals surface area contributed by atoms with E-state index in [-0.39, 0.29) is 18.2 Å². The van der Waals surface area contributed by atoms with E-state index in [1.54, 1.807) is 0 Å². The predicted octanol–water partition coefficient (Wildman–Crippen LogP) is 4.45. The van der Waals surface area contributed by atoms with E-state index in [1.807, 2.05) is 42.5 Å². The summed E-state index contributed by atoms with van der Waals surface area (Å²) < 4.78 is 0. The van der Waals surface area contributed by atoms with Crippen LogP contribution in [0, 0.1) is 0 Å². The van der Waals surface area contributed by atoms with Crippen molar-refractivity contribution in [1.82, 2.24) is 5.32 Å². The molecule has 0 aliphatic carbocycles. The fraction of sp³-hybridized carbons (Fsp3) is 0.286. The minimum absolute atomic E-state index is 0.108. The molecule has 2 atom stereocenters. The zero-order valence-electron chi connectivity index (χ0n) is 15.4. The fourth-order valence-electron chi connectivity index (χ4n) is 2.72. The van der Waals surface area contributed by atoms with Crippen LogP contribution in [0.3, 0.4) is 0 Å². The van der Waals surface area contributed by atoms with Gasteiger partial charge >= 0.3 is 0 Å². The maximum atomic E-state index is 12.2. The van der Waals surface area contributed by atoms with Gasteiger partial charge in [-0.1, -0.05) is 55.9 Å². The number of hydrogen-bond donors (Lipinski definition) is 2. The molecule has 0 unspecified atom stereocenters. The minimum atomic E-state index is -0.466. The Kier molecular flexibility index (Phi) is 6.29. The van der Waals surface area contributed by atoms with Crippen molar-refractivity contribution in [2.24, 2.45) is 4.99 Å². The van der Waals surface area contributed by atoms with Crippen LogP contribution >= 0.6 is 11.8 Å². The summed E-state index contributed by atoms with van der Waals surface area (Å²) in [6, 6.07) is 17.3. The van der Waals surface area contributed by atoms with Crippen LogP contribution in [-0.4, -0.2) is 22.2 Å². The Hall–Kier alpha value is -2.60. The van der Waals surface area contributed by atoms with E-state index in [0.29, 0.717) is 11.1 Å². The molecule has 2 aromatic carbocycles. The second-order valence-electron chi connectivity index (χ2n) is 6.53. The van der Waals surface area contributed by atoms with Crippen LogP contribution in [0.5, 0.6) is 0 Å². The van der Waals surface area contributed by atoms with Gasteiger partial charge in [0.25, 0.3) is 0 Å². The molecule has 0 aromatic heterocycles. The number of rotatable bonds is 6. The molecular weight excluding hydrogens is 358 g/mol. The van der Waals surface area contributed by atoms with Gasteiger partial charge in [0, 0.05) is 12.1 Å². The summed E-state index contributed by atoms with van der Waals surface area (Å²) in [7, 11) is 0. The lowest BCUT2D eigenvalue weighted by Crippen LogP contribution is -2.28. The van der Waals surface area contributed by atoms with E-state index in [1.165, 1.54) is 17.3 Å². The normalized spacial score (nSPS) is 19.0. The Morgan fingerprint density at radius 1 is 1.19 bits per heavy atom. The van der Waals surface area contributed by atoms with Gasteiger partial charge in [-0.15, -0.1) is 0 Å². The highest BCUT2D eigenvalue weighted by Crippen LogP contribution is 2.27. The van der Waals surface area contributed by atoms with Gasteiger partial charge < -0.3 is 10.6 Å². The molecule has 0 spiro atoms. The smallest absolute Gasteiger partial charge is 0.240 e. The van der Waals surface area contributed by atoms with Crippen molar-refractivity contribution < 1.29 is 9.59 Å². The summed E-state index contributed by atoms with van der Waals surface area (Å²) in [4.78, 5) is 28.8. The molecule has 5 nitrogen and oxygen atoms in total. The maximum Gasteiger partial charge on any atom is 0.240 e. The van der Waals surface area contributed by atoms with Gasteiger partial charge in [-0.2, -0.15) is 0 Å². The Morgan fingerprint density at radius 2 is 1.89 bits per heavy atom. The van der Waals surface area contributed by atoms with Crippen molar-refractivity contribution in [3.05, 3.63) is 60.2 Å². The number of anilines is 1. The first-order valence-corrected chi connectivity index (χ1v) is 9.94. The van der Waals surface area contributed by atoms with Crippen LogP contribution in [0.4, 0.5) is 11.4 Å². The number of amides is 2. The van der Waals surface area contributed by atoms with E-state index < -0.39 is 5.25 Å². The molecule has 6 heteroatoms. The van der Waals surface area contributed by atoms with Gasteiger partial charge in [0.05, 0.1) is 5.69 Å². The van der Waals surface area contributed by atoms with Gasteiger partial charge in [0.2, 0.25) is 11.8 Å². The number of nitrogens with one attached hydrogen (secondary N) is 2. The van der Waals surface area contributed by atoms with Crippen LogP contribution in [-0.2, 0) is 9.59 Å². The number of benzene rings is 2. The molecule has 0 radical (unpaired) electrons. The number of nitrogens with zero attached hydrogens (tertiary/aromatic N) is 1. The molecule has 2 N–H and O–H groups in total. The lowest BCUT2D eigenvalue weighted by molar-refractivity contribution is -0.122. The summed E-state index contributed by atoms with van der Waals surface area (Å²) in [6.45, 7) is 4.36. The Morgan fingerprint density at radius 3 is 2.56 bits per heavy atom. The molecule has 140 valence electrons. The van der Waals surface area contributed by atoms with Crippen molar-refractivity contribution in [2.45, 2.75) is 37.9 Å². The first-order chi connectivity index (χ1) is 13.0. The highest BCUT2D eigenvalue weighted by atomic mass is 32.2. The third-order valence-electron chi connectivity index (χ3n) is 4.51. The SMILES string of the molecule is CC[C@H](C)c1ccc(N=C2NC(=O)[C@H](CC(=O)Nc3ccccc3)S2)cc1. The summed E-state index contributed by atoms with van der Waals surface area (Å²) in [5, 5.41) is 5.64. The molecule has 1 saturated heterocycles. The molecule has 2 aromatic rings. The monoisotopic (exact) mass is 381 g/mol. The maximum absolute atomic E-state index is 12.2. The molecule has 1 fully saturated rings. The molecule has 1 aliphatic rings. The molecular formula is C21H23N3O2S. The highest BCUT2D eigenvalue weighted by Gasteiger charge is 2.32. The molecule has 2 amide bonds. The van der Waals surface area contributed by atoms with Crippen molar-refractivity contribution in [3.63, 3.8) is 0 Å². The molecule has 1 heterocycles. The Bertz CT molecular complexity index is 834. The van der Waals surface area contributed by atoms with E-state index in [9.17, 15) is 9.59 Å².